The number of amides is 2. The number of carbonyl (C=O) groups excluding carboxylic acids is 1. The summed E-state index contributed by atoms with van der Waals surface area (Å²) in [6, 6.07) is 5.40. The predicted molar refractivity (Wildman–Crippen MR) is 89.8 cm³/mol. The Morgan fingerprint density at radius 1 is 1.48 bits per heavy atom. The Morgan fingerprint density at radius 3 is 2.96 bits per heavy atom. The highest BCUT2D eigenvalue weighted by Gasteiger charge is 2.33. The molecule has 1 aromatic carbocycles. The lowest BCUT2D eigenvalue weighted by Crippen LogP contribution is -2.40. The van der Waals surface area contributed by atoms with Gasteiger partial charge >= 0.3 is 6.03 Å². The van der Waals surface area contributed by atoms with Gasteiger partial charge in [-0.05, 0) is 44.9 Å². The number of nitrogens with zero attached hydrogens (tertiary/aromatic N) is 2. The van der Waals surface area contributed by atoms with E-state index in [2.05, 4.69) is 10.5 Å². The topological polar surface area (TPSA) is 67.6 Å². The normalized spacial score (nSPS) is 18.2. The maximum atomic E-state index is 13.6. The van der Waals surface area contributed by atoms with Crippen LogP contribution in [-0.4, -0.2) is 29.7 Å². The summed E-state index contributed by atoms with van der Waals surface area (Å²) in [6.45, 7) is 4.30. The SMILES string of the molecule is COc1ccc(F)cc1[C@H](C)NC(=O)N1CCC[C@@H]1c1cc(C)no1. The van der Waals surface area contributed by atoms with Crippen molar-refractivity contribution in [1.29, 1.82) is 0 Å². The molecule has 2 aromatic rings. The van der Waals surface area contributed by atoms with Crippen molar-refractivity contribution < 1.29 is 18.4 Å². The molecule has 6 nitrogen and oxygen atoms in total. The van der Waals surface area contributed by atoms with Gasteiger partial charge < -0.3 is 19.5 Å². The number of hydrogen-bond acceptors (Lipinski definition) is 4. The molecule has 0 radical (unpaired) electrons. The van der Waals surface area contributed by atoms with Gasteiger partial charge in [-0.15, -0.1) is 0 Å². The third kappa shape index (κ3) is 3.60. The second kappa shape index (κ2) is 7.13. The molecule has 2 atom stereocenters. The van der Waals surface area contributed by atoms with E-state index in [1.54, 1.807) is 17.9 Å². The number of aryl methyl sites for hydroxylation is 1. The Labute approximate surface area is 145 Å². The number of hydrogen-bond donors (Lipinski definition) is 1. The molecule has 1 aliphatic rings. The molecule has 1 saturated heterocycles. The third-order valence-corrected chi connectivity index (χ3v) is 4.49. The Hall–Kier alpha value is -2.57. The van der Waals surface area contributed by atoms with Crippen molar-refractivity contribution in [2.24, 2.45) is 0 Å². The van der Waals surface area contributed by atoms with Crippen LogP contribution in [0.15, 0.2) is 28.8 Å². The van der Waals surface area contributed by atoms with Gasteiger partial charge in [0.15, 0.2) is 5.76 Å². The first-order valence-corrected chi connectivity index (χ1v) is 8.33. The van der Waals surface area contributed by atoms with Gasteiger partial charge in [-0.2, -0.15) is 0 Å². The number of ether oxygens (including phenoxy) is 1. The van der Waals surface area contributed by atoms with Crippen LogP contribution < -0.4 is 10.1 Å². The van der Waals surface area contributed by atoms with E-state index < -0.39 is 6.04 Å². The summed E-state index contributed by atoms with van der Waals surface area (Å²) in [4.78, 5) is 14.5. The van der Waals surface area contributed by atoms with E-state index in [9.17, 15) is 9.18 Å². The Bertz CT molecular complexity index is 762. The van der Waals surface area contributed by atoms with Crippen LogP contribution in [0, 0.1) is 12.7 Å². The van der Waals surface area contributed by atoms with E-state index in [1.807, 2.05) is 13.0 Å². The first-order chi connectivity index (χ1) is 12.0. The van der Waals surface area contributed by atoms with E-state index in [4.69, 9.17) is 9.26 Å². The lowest BCUT2D eigenvalue weighted by atomic mass is 10.1. The Morgan fingerprint density at radius 2 is 2.28 bits per heavy atom. The van der Waals surface area contributed by atoms with E-state index in [0.717, 1.165) is 18.5 Å². The van der Waals surface area contributed by atoms with E-state index in [1.165, 1.54) is 19.2 Å². The van der Waals surface area contributed by atoms with Crippen LogP contribution in [-0.2, 0) is 0 Å². The highest BCUT2D eigenvalue weighted by molar-refractivity contribution is 5.75. The molecule has 2 amide bonds. The maximum absolute atomic E-state index is 13.6. The van der Waals surface area contributed by atoms with Gasteiger partial charge in [-0.25, -0.2) is 9.18 Å². The Balaban J connectivity index is 1.74. The number of urea groups is 1. The molecule has 0 spiro atoms. The molecule has 0 aliphatic carbocycles. The molecule has 0 saturated carbocycles. The smallest absolute Gasteiger partial charge is 0.318 e. The molecular weight excluding hydrogens is 325 g/mol. The van der Waals surface area contributed by atoms with Crippen LogP contribution in [0.25, 0.3) is 0 Å². The lowest BCUT2D eigenvalue weighted by molar-refractivity contribution is 0.179. The van der Waals surface area contributed by atoms with Crippen LogP contribution in [0.3, 0.4) is 0 Å². The maximum Gasteiger partial charge on any atom is 0.318 e. The molecule has 1 fully saturated rings. The Kier molecular flexibility index (Phi) is 4.92. The van der Waals surface area contributed by atoms with E-state index in [0.29, 0.717) is 23.6 Å². The van der Waals surface area contributed by atoms with Gasteiger partial charge in [0.2, 0.25) is 0 Å². The third-order valence-electron chi connectivity index (χ3n) is 4.49. The molecule has 7 heteroatoms. The van der Waals surface area contributed by atoms with E-state index >= 15 is 0 Å². The molecule has 2 heterocycles. The monoisotopic (exact) mass is 347 g/mol. The number of likely N-dealkylation sites (tertiary alicyclic amines) is 1. The molecule has 1 N–H and O–H groups in total. The van der Waals surface area contributed by atoms with Gasteiger partial charge in [-0.1, -0.05) is 5.16 Å². The number of nitrogens with one attached hydrogen (secondary N) is 1. The van der Waals surface area contributed by atoms with Crippen molar-refractivity contribution in [3.63, 3.8) is 0 Å². The molecule has 25 heavy (non-hydrogen) atoms. The summed E-state index contributed by atoms with van der Waals surface area (Å²) in [5.74, 6) is 0.868. The van der Waals surface area contributed by atoms with Crippen LogP contribution in [0.5, 0.6) is 5.75 Å². The fourth-order valence-electron chi connectivity index (χ4n) is 3.24. The van der Waals surface area contributed by atoms with Crippen molar-refractivity contribution >= 4 is 6.03 Å². The van der Waals surface area contributed by atoms with Gasteiger partial charge in [0, 0.05) is 18.2 Å². The second-order valence-corrected chi connectivity index (χ2v) is 6.28. The zero-order valence-electron chi connectivity index (χ0n) is 14.6. The molecule has 1 aromatic heterocycles. The number of rotatable bonds is 4. The number of benzene rings is 1. The first kappa shape index (κ1) is 17.3. The second-order valence-electron chi connectivity index (χ2n) is 6.28. The van der Waals surface area contributed by atoms with Crippen molar-refractivity contribution in [2.75, 3.05) is 13.7 Å². The summed E-state index contributed by atoms with van der Waals surface area (Å²) in [7, 11) is 1.52. The van der Waals surface area contributed by atoms with Gasteiger partial charge in [-0.3, -0.25) is 0 Å². The van der Waals surface area contributed by atoms with Crippen LogP contribution in [0.2, 0.25) is 0 Å². The largest absolute Gasteiger partial charge is 0.496 e. The summed E-state index contributed by atoms with van der Waals surface area (Å²) < 4.78 is 24.2. The zero-order valence-corrected chi connectivity index (χ0v) is 14.6. The molecule has 134 valence electrons. The summed E-state index contributed by atoms with van der Waals surface area (Å²) in [5.41, 5.74) is 1.39. The summed E-state index contributed by atoms with van der Waals surface area (Å²) >= 11 is 0. The van der Waals surface area contributed by atoms with Gasteiger partial charge in [0.05, 0.1) is 24.9 Å². The average molecular weight is 347 g/mol. The molecule has 3 rings (SSSR count). The zero-order chi connectivity index (χ0) is 18.0. The van der Waals surface area contributed by atoms with Crippen molar-refractivity contribution in [3.05, 3.63) is 47.1 Å². The van der Waals surface area contributed by atoms with Crippen LogP contribution in [0.4, 0.5) is 9.18 Å². The van der Waals surface area contributed by atoms with Crippen LogP contribution >= 0.6 is 0 Å². The number of methoxy groups -OCH3 is 1. The fraction of sp³-hybridized carbons (Fsp3) is 0.444. The summed E-state index contributed by atoms with van der Waals surface area (Å²) in [6.07, 6.45) is 1.73. The number of aromatic nitrogens is 1. The van der Waals surface area contributed by atoms with Crippen LogP contribution in [0.1, 0.15) is 48.9 Å². The minimum atomic E-state index is -0.393. The molecule has 0 bridgehead atoms. The van der Waals surface area contributed by atoms with E-state index in [-0.39, 0.29) is 17.9 Å². The molecular formula is C18H22FN3O3. The van der Waals surface area contributed by atoms with Crippen molar-refractivity contribution in [2.45, 2.75) is 38.8 Å². The minimum Gasteiger partial charge on any atom is -0.496 e. The van der Waals surface area contributed by atoms with Gasteiger partial charge in [0.1, 0.15) is 11.6 Å². The minimum absolute atomic E-state index is 0.122. The average Bonchev–Trinajstić information content (AvgIpc) is 3.23. The quantitative estimate of drug-likeness (QED) is 0.915. The highest BCUT2D eigenvalue weighted by Crippen LogP contribution is 2.33. The predicted octanol–water partition coefficient (Wildman–Crippen LogP) is 3.74. The first-order valence-electron chi connectivity index (χ1n) is 8.33. The standard InChI is InChI=1S/C18H22FN3O3/c1-11-9-17(25-21-11)15-5-4-8-22(15)18(23)20-12(2)14-10-13(19)6-7-16(14)24-3/h6-7,9-10,12,15H,4-5,8H2,1-3H3,(H,20,23)/t12-,15+/m0/s1. The fourth-order valence-corrected chi connectivity index (χ4v) is 3.24. The number of carbonyl (C=O) groups is 1. The molecule has 0 unspecified atom stereocenters. The number of halogens is 1. The van der Waals surface area contributed by atoms with Crippen molar-refractivity contribution in [3.8, 4) is 5.75 Å². The summed E-state index contributed by atoms with van der Waals surface area (Å²) in [5, 5.41) is 6.83. The lowest BCUT2D eigenvalue weighted by Gasteiger charge is -2.26. The van der Waals surface area contributed by atoms with Crippen molar-refractivity contribution in [1.82, 2.24) is 15.4 Å². The van der Waals surface area contributed by atoms with Gasteiger partial charge in [0.25, 0.3) is 0 Å². The highest BCUT2D eigenvalue weighted by atomic mass is 19.1. The molecule has 1 aliphatic heterocycles.